The standard InChI is InChI=1S/C14H10ClIO2S/c15-12-6-8-13(9-7-12)19(17,18)10-14(16)11-4-2-1-3-5-11/h1-10H/b14-10+. The van der Waals surface area contributed by atoms with E-state index in [1.165, 1.54) is 17.5 Å². The third-order valence-electron chi connectivity index (χ3n) is 2.45. The van der Waals surface area contributed by atoms with Crippen LogP contribution in [0.2, 0.25) is 5.02 Å². The highest BCUT2D eigenvalue weighted by molar-refractivity contribution is 14.1. The predicted octanol–water partition coefficient (Wildman–Crippen LogP) is 4.55. The Bertz CT molecular complexity index is 692. The van der Waals surface area contributed by atoms with Gasteiger partial charge in [-0.2, -0.15) is 0 Å². The Labute approximate surface area is 131 Å². The van der Waals surface area contributed by atoms with Crippen LogP contribution in [0.3, 0.4) is 0 Å². The van der Waals surface area contributed by atoms with Crippen LogP contribution in [0.4, 0.5) is 0 Å². The van der Waals surface area contributed by atoms with Crippen molar-refractivity contribution in [3.63, 3.8) is 0 Å². The molecule has 0 aromatic heterocycles. The molecule has 5 heteroatoms. The fraction of sp³-hybridized carbons (Fsp3) is 0. The lowest BCUT2D eigenvalue weighted by molar-refractivity contribution is 0.605. The lowest BCUT2D eigenvalue weighted by atomic mass is 10.2. The van der Waals surface area contributed by atoms with Crippen LogP contribution in [-0.2, 0) is 9.84 Å². The van der Waals surface area contributed by atoms with E-state index < -0.39 is 9.84 Å². The van der Waals surface area contributed by atoms with Crippen LogP contribution in [0.1, 0.15) is 5.56 Å². The smallest absolute Gasteiger partial charge is 0.200 e. The molecule has 2 rings (SSSR count). The van der Waals surface area contributed by atoms with Gasteiger partial charge in [0.25, 0.3) is 0 Å². The van der Waals surface area contributed by atoms with E-state index in [-0.39, 0.29) is 4.90 Å². The van der Waals surface area contributed by atoms with E-state index >= 15 is 0 Å². The van der Waals surface area contributed by atoms with Crippen LogP contribution in [0.25, 0.3) is 3.58 Å². The third-order valence-corrected chi connectivity index (χ3v) is 5.53. The summed E-state index contributed by atoms with van der Waals surface area (Å²) >= 11 is 7.77. The normalized spacial score (nSPS) is 12.4. The Morgan fingerprint density at radius 3 is 2.16 bits per heavy atom. The Hall–Kier alpha value is -0.850. The van der Waals surface area contributed by atoms with Gasteiger partial charge >= 0.3 is 0 Å². The van der Waals surface area contributed by atoms with Crippen molar-refractivity contribution in [3.8, 4) is 0 Å². The molecular weight excluding hydrogens is 395 g/mol. The zero-order chi connectivity index (χ0) is 13.9. The molecule has 0 radical (unpaired) electrons. The third kappa shape index (κ3) is 3.81. The zero-order valence-corrected chi connectivity index (χ0v) is 13.5. The molecule has 2 aromatic rings. The van der Waals surface area contributed by atoms with Gasteiger partial charge in [0.2, 0.25) is 9.84 Å². The molecule has 2 aromatic carbocycles. The summed E-state index contributed by atoms with van der Waals surface area (Å²) in [6.07, 6.45) is 0. The minimum atomic E-state index is -3.45. The van der Waals surface area contributed by atoms with E-state index in [9.17, 15) is 8.42 Å². The highest BCUT2D eigenvalue weighted by Crippen LogP contribution is 2.25. The molecule has 0 unspecified atom stereocenters. The molecule has 98 valence electrons. The minimum Gasteiger partial charge on any atom is -0.219 e. The van der Waals surface area contributed by atoms with Crippen molar-refractivity contribution in [3.05, 3.63) is 70.6 Å². The molecule has 0 aliphatic carbocycles. The summed E-state index contributed by atoms with van der Waals surface area (Å²) in [4.78, 5) is 0.238. The number of sulfone groups is 1. The fourth-order valence-corrected chi connectivity index (χ4v) is 4.04. The van der Waals surface area contributed by atoms with Gasteiger partial charge in [-0.25, -0.2) is 8.42 Å². The Kier molecular flexibility index (Phi) is 4.65. The second-order valence-corrected chi connectivity index (χ2v) is 7.23. The van der Waals surface area contributed by atoms with Crippen molar-refractivity contribution >= 4 is 47.6 Å². The quantitative estimate of drug-likeness (QED) is 0.704. The molecule has 0 aliphatic heterocycles. The summed E-state index contributed by atoms with van der Waals surface area (Å²) in [5.74, 6) is 0. The fourth-order valence-electron chi connectivity index (χ4n) is 1.49. The summed E-state index contributed by atoms with van der Waals surface area (Å²) in [5.41, 5.74) is 0.876. The van der Waals surface area contributed by atoms with E-state index in [4.69, 9.17) is 11.6 Å². The summed E-state index contributed by atoms with van der Waals surface area (Å²) in [7, 11) is -3.45. The number of rotatable bonds is 3. The molecule has 0 aliphatic rings. The first-order valence-electron chi connectivity index (χ1n) is 5.42. The Morgan fingerprint density at radius 1 is 1.00 bits per heavy atom. The van der Waals surface area contributed by atoms with Crippen LogP contribution in [0, 0.1) is 0 Å². The molecule has 0 fully saturated rings. The first kappa shape index (κ1) is 14.6. The van der Waals surface area contributed by atoms with E-state index in [1.807, 2.05) is 52.9 Å². The van der Waals surface area contributed by atoms with Crippen molar-refractivity contribution in [1.29, 1.82) is 0 Å². The second kappa shape index (κ2) is 6.07. The van der Waals surface area contributed by atoms with Gasteiger partial charge < -0.3 is 0 Å². The molecule has 19 heavy (non-hydrogen) atoms. The SMILES string of the molecule is O=S(=O)(/C=C(/I)c1ccccc1)c1ccc(Cl)cc1. The molecule has 2 nitrogen and oxygen atoms in total. The lowest BCUT2D eigenvalue weighted by Crippen LogP contribution is -1.96. The topological polar surface area (TPSA) is 34.1 Å². The highest BCUT2D eigenvalue weighted by atomic mass is 127. The van der Waals surface area contributed by atoms with Crippen LogP contribution >= 0.6 is 34.2 Å². The summed E-state index contributed by atoms with van der Waals surface area (Å²) in [6.45, 7) is 0. The van der Waals surface area contributed by atoms with E-state index in [0.29, 0.717) is 8.60 Å². The van der Waals surface area contributed by atoms with Gasteiger partial charge in [-0.1, -0.05) is 41.9 Å². The van der Waals surface area contributed by atoms with Crippen LogP contribution < -0.4 is 0 Å². The average molecular weight is 405 g/mol. The molecule has 0 spiro atoms. The molecule has 0 saturated heterocycles. The van der Waals surface area contributed by atoms with Gasteiger partial charge in [0.1, 0.15) is 0 Å². The van der Waals surface area contributed by atoms with E-state index in [0.717, 1.165) is 5.56 Å². The minimum absolute atomic E-state index is 0.238. The second-order valence-electron chi connectivity index (χ2n) is 3.83. The van der Waals surface area contributed by atoms with Crippen molar-refractivity contribution in [2.45, 2.75) is 4.90 Å². The van der Waals surface area contributed by atoms with Crippen molar-refractivity contribution in [2.75, 3.05) is 0 Å². The maximum atomic E-state index is 12.2. The molecule has 0 N–H and O–H groups in total. The number of halogens is 2. The van der Waals surface area contributed by atoms with Crippen molar-refractivity contribution in [2.24, 2.45) is 0 Å². The van der Waals surface area contributed by atoms with Crippen LogP contribution in [0.5, 0.6) is 0 Å². The number of hydrogen-bond donors (Lipinski definition) is 0. The number of hydrogen-bond acceptors (Lipinski definition) is 2. The molecule has 0 saturated carbocycles. The lowest BCUT2D eigenvalue weighted by Gasteiger charge is -2.02. The average Bonchev–Trinajstić information content (AvgIpc) is 2.40. The van der Waals surface area contributed by atoms with Gasteiger partial charge in [-0.05, 0) is 52.4 Å². The van der Waals surface area contributed by atoms with Gasteiger partial charge in [-0.3, -0.25) is 0 Å². The van der Waals surface area contributed by atoms with E-state index in [1.54, 1.807) is 12.1 Å². The predicted molar refractivity (Wildman–Crippen MR) is 87.1 cm³/mol. The molecule has 0 bridgehead atoms. The highest BCUT2D eigenvalue weighted by Gasteiger charge is 2.12. The summed E-state index contributed by atoms with van der Waals surface area (Å²) < 4.78 is 25.1. The zero-order valence-electron chi connectivity index (χ0n) is 9.75. The Morgan fingerprint density at radius 2 is 1.58 bits per heavy atom. The maximum Gasteiger partial charge on any atom is 0.200 e. The maximum absolute atomic E-state index is 12.2. The van der Waals surface area contributed by atoms with Crippen LogP contribution in [-0.4, -0.2) is 8.42 Å². The van der Waals surface area contributed by atoms with Crippen molar-refractivity contribution < 1.29 is 8.42 Å². The van der Waals surface area contributed by atoms with E-state index in [2.05, 4.69) is 0 Å². The number of benzene rings is 2. The largest absolute Gasteiger partial charge is 0.219 e. The molecule has 0 heterocycles. The molecule has 0 amide bonds. The van der Waals surface area contributed by atoms with Crippen LogP contribution in [0.15, 0.2) is 64.9 Å². The molecule has 0 atom stereocenters. The van der Waals surface area contributed by atoms with Gasteiger partial charge in [0.15, 0.2) is 0 Å². The van der Waals surface area contributed by atoms with Gasteiger partial charge in [0, 0.05) is 14.0 Å². The summed E-state index contributed by atoms with van der Waals surface area (Å²) in [6, 6.07) is 15.5. The van der Waals surface area contributed by atoms with Gasteiger partial charge in [-0.15, -0.1) is 0 Å². The first-order valence-corrected chi connectivity index (χ1v) is 8.42. The van der Waals surface area contributed by atoms with Gasteiger partial charge in [0.05, 0.1) is 4.90 Å². The summed E-state index contributed by atoms with van der Waals surface area (Å²) in [5, 5.41) is 1.78. The Balaban J connectivity index is 2.39. The van der Waals surface area contributed by atoms with Crippen molar-refractivity contribution in [1.82, 2.24) is 0 Å². The first-order chi connectivity index (χ1) is 8.99. The molecular formula is C14H10ClIO2S. The monoisotopic (exact) mass is 404 g/mol.